The van der Waals surface area contributed by atoms with E-state index in [2.05, 4.69) is 41.5 Å². The monoisotopic (exact) mass is 196 g/mol. The van der Waals surface area contributed by atoms with Crippen molar-refractivity contribution < 1.29 is 4.79 Å². The molecule has 1 rings (SSSR count). The molecule has 1 atom stereocenters. The largest absolute Gasteiger partial charge is 0.299 e. The van der Waals surface area contributed by atoms with Crippen molar-refractivity contribution in [3.8, 4) is 0 Å². The topological polar surface area (TPSA) is 17.1 Å². The molecule has 0 spiro atoms. The molecule has 1 fully saturated rings. The lowest BCUT2D eigenvalue weighted by atomic mass is 9.96. The number of rotatable bonds is 4. The summed E-state index contributed by atoms with van der Waals surface area (Å²) in [6.07, 6.45) is 1.88. The summed E-state index contributed by atoms with van der Waals surface area (Å²) in [4.78, 5) is 12.0. The molecule has 1 aliphatic carbocycles. The standard InChI is InChI=1S/C13H24O/c1-7-9(2)8-10(14)11-12(3,4)13(11,5)6/h9,11H,7-8H2,1-6H3. The molecule has 0 amide bonds. The maximum atomic E-state index is 12.0. The molecule has 0 heterocycles. The molecular weight excluding hydrogens is 172 g/mol. The smallest absolute Gasteiger partial charge is 0.137 e. The second-order valence-corrected chi connectivity index (χ2v) is 6.06. The Labute approximate surface area is 88.3 Å². The highest BCUT2D eigenvalue weighted by Gasteiger charge is 2.67. The normalized spacial score (nSPS) is 25.9. The van der Waals surface area contributed by atoms with Crippen LogP contribution in [0.2, 0.25) is 0 Å². The Balaban J connectivity index is 2.58. The summed E-state index contributed by atoms with van der Waals surface area (Å²) in [6, 6.07) is 0. The van der Waals surface area contributed by atoms with Crippen LogP contribution < -0.4 is 0 Å². The molecule has 1 aliphatic rings. The first kappa shape index (κ1) is 11.7. The van der Waals surface area contributed by atoms with Crippen molar-refractivity contribution in [1.82, 2.24) is 0 Å². The maximum Gasteiger partial charge on any atom is 0.137 e. The van der Waals surface area contributed by atoms with Crippen LogP contribution >= 0.6 is 0 Å². The van der Waals surface area contributed by atoms with Crippen LogP contribution in [0.25, 0.3) is 0 Å². The lowest BCUT2D eigenvalue weighted by Gasteiger charge is -2.07. The summed E-state index contributed by atoms with van der Waals surface area (Å²) < 4.78 is 0. The van der Waals surface area contributed by atoms with Crippen LogP contribution in [-0.2, 0) is 4.79 Å². The van der Waals surface area contributed by atoms with Gasteiger partial charge in [-0.1, -0.05) is 48.0 Å². The Morgan fingerprint density at radius 2 is 1.64 bits per heavy atom. The highest BCUT2D eigenvalue weighted by atomic mass is 16.1. The van der Waals surface area contributed by atoms with Crippen molar-refractivity contribution >= 4 is 5.78 Å². The second kappa shape index (κ2) is 3.36. The number of hydrogen-bond donors (Lipinski definition) is 0. The summed E-state index contributed by atoms with van der Waals surface area (Å²) in [5.41, 5.74) is 0.440. The van der Waals surface area contributed by atoms with Crippen LogP contribution in [-0.4, -0.2) is 5.78 Å². The number of Topliss-reactive ketones (excluding diaryl/α,β-unsaturated/α-hetero) is 1. The molecule has 0 saturated heterocycles. The molecule has 0 bridgehead atoms. The zero-order valence-corrected chi connectivity index (χ0v) is 10.5. The zero-order chi connectivity index (χ0) is 11.1. The van der Waals surface area contributed by atoms with Gasteiger partial charge in [-0.3, -0.25) is 4.79 Å². The van der Waals surface area contributed by atoms with Gasteiger partial charge in [0.05, 0.1) is 0 Å². The summed E-state index contributed by atoms with van der Waals surface area (Å²) >= 11 is 0. The molecule has 0 radical (unpaired) electrons. The molecule has 1 saturated carbocycles. The lowest BCUT2D eigenvalue weighted by molar-refractivity contribution is -0.122. The van der Waals surface area contributed by atoms with Gasteiger partial charge >= 0.3 is 0 Å². The fourth-order valence-electron chi connectivity index (χ4n) is 2.61. The number of ketones is 1. The van der Waals surface area contributed by atoms with E-state index >= 15 is 0 Å². The van der Waals surface area contributed by atoms with Gasteiger partial charge in [0.15, 0.2) is 0 Å². The van der Waals surface area contributed by atoms with Crippen molar-refractivity contribution in [2.24, 2.45) is 22.7 Å². The highest BCUT2D eigenvalue weighted by Crippen LogP contribution is 2.68. The summed E-state index contributed by atoms with van der Waals surface area (Å²) in [5.74, 6) is 1.33. The van der Waals surface area contributed by atoms with E-state index in [4.69, 9.17) is 0 Å². The molecule has 82 valence electrons. The van der Waals surface area contributed by atoms with E-state index in [1.165, 1.54) is 0 Å². The van der Waals surface area contributed by atoms with Gasteiger partial charge < -0.3 is 0 Å². The minimum absolute atomic E-state index is 0.220. The van der Waals surface area contributed by atoms with Gasteiger partial charge in [0.2, 0.25) is 0 Å². The molecule has 0 N–H and O–H groups in total. The van der Waals surface area contributed by atoms with Crippen molar-refractivity contribution in [1.29, 1.82) is 0 Å². The van der Waals surface area contributed by atoms with Crippen LogP contribution in [0.15, 0.2) is 0 Å². The van der Waals surface area contributed by atoms with Crippen molar-refractivity contribution in [2.45, 2.75) is 54.4 Å². The minimum atomic E-state index is 0.220. The number of hydrogen-bond acceptors (Lipinski definition) is 1. The Morgan fingerprint density at radius 1 is 1.21 bits per heavy atom. The van der Waals surface area contributed by atoms with Gasteiger partial charge in [-0.15, -0.1) is 0 Å². The molecule has 1 nitrogen and oxygen atoms in total. The van der Waals surface area contributed by atoms with E-state index in [0.717, 1.165) is 12.8 Å². The van der Waals surface area contributed by atoms with Crippen LogP contribution in [0.3, 0.4) is 0 Å². The van der Waals surface area contributed by atoms with E-state index in [9.17, 15) is 4.79 Å². The van der Waals surface area contributed by atoms with E-state index in [1.807, 2.05) is 0 Å². The quantitative estimate of drug-likeness (QED) is 0.670. The van der Waals surface area contributed by atoms with E-state index in [-0.39, 0.29) is 10.8 Å². The second-order valence-electron chi connectivity index (χ2n) is 6.06. The molecule has 0 aromatic carbocycles. The van der Waals surface area contributed by atoms with E-state index < -0.39 is 0 Å². The minimum Gasteiger partial charge on any atom is -0.299 e. The summed E-state index contributed by atoms with van der Waals surface area (Å²) in [7, 11) is 0. The highest BCUT2D eigenvalue weighted by molar-refractivity contribution is 5.86. The molecule has 1 unspecified atom stereocenters. The molecule has 0 aromatic heterocycles. The molecule has 14 heavy (non-hydrogen) atoms. The Morgan fingerprint density at radius 3 is 1.93 bits per heavy atom. The third-order valence-electron chi connectivity index (χ3n) is 4.59. The van der Waals surface area contributed by atoms with Gasteiger partial charge in [0.25, 0.3) is 0 Å². The van der Waals surface area contributed by atoms with Gasteiger partial charge in [-0.05, 0) is 16.7 Å². The van der Waals surface area contributed by atoms with E-state index in [1.54, 1.807) is 0 Å². The van der Waals surface area contributed by atoms with Crippen LogP contribution in [0.4, 0.5) is 0 Å². The SMILES string of the molecule is CCC(C)CC(=O)C1C(C)(C)C1(C)C. The molecule has 1 heteroatoms. The van der Waals surface area contributed by atoms with Crippen LogP contribution in [0, 0.1) is 22.7 Å². The average molecular weight is 196 g/mol. The van der Waals surface area contributed by atoms with Crippen molar-refractivity contribution in [3.05, 3.63) is 0 Å². The van der Waals surface area contributed by atoms with Crippen LogP contribution in [0.5, 0.6) is 0 Å². The maximum absolute atomic E-state index is 12.0. The first-order valence-electron chi connectivity index (χ1n) is 5.77. The zero-order valence-electron chi connectivity index (χ0n) is 10.5. The third kappa shape index (κ3) is 1.62. The predicted molar refractivity (Wildman–Crippen MR) is 60.1 cm³/mol. The average Bonchev–Trinajstić information content (AvgIpc) is 2.42. The Hall–Kier alpha value is -0.330. The molecule has 0 aliphatic heterocycles. The fourth-order valence-corrected chi connectivity index (χ4v) is 2.61. The van der Waals surface area contributed by atoms with Gasteiger partial charge in [0, 0.05) is 12.3 Å². The molecular formula is C13H24O. The fraction of sp³-hybridized carbons (Fsp3) is 0.923. The van der Waals surface area contributed by atoms with Crippen molar-refractivity contribution in [2.75, 3.05) is 0 Å². The Kier molecular flexibility index (Phi) is 2.82. The lowest BCUT2D eigenvalue weighted by Crippen LogP contribution is -2.11. The number of carbonyl (C=O) groups excluding carboxylic acids is 1. The van der Waals surface area contributed by atoms with Gasteiger partial charge in [-0.2, -0.15) is 0 Å². The Bertz CT molecular complexity index is 224. The predicted octanol–water partition coefficient (Wildman–Crippen LogP) is 3.67. The molecule has 0 aromatic rings. The van der Waals surface area contributed by atoms with Crippen LogP contribution in [0.1, 0.15) is 54.4 Å². The summed E-state index contributed by atoms with van der Waals surface area (Å²) in [6.45, 7) is 13.2. The first-order valence-corrected chi connectivity index (χ1v) is 5.77. The van der Waals surface area contributed by atoms with Crippen molar-refractivity contribution in [3.63, 3.8) is 0 Å². The first-order chi connectivity index (χ1) is 6.25. The number of carbonyl (C=O) groups is 1. The third-order valence-corrected chi connectivity index (χ3v) is 4.59. The van der Waals surface area contributed by atoms with Gasteiger partial charge in [0.1, 0.15) is 5.78 Å². The van der Waals surface area contributed by atoms with E-state index in [0.29, 0.717) is 17.6 Å². The van der Waals surface area contributed by atoms with Gasteiger partial charge in [-0.25, -0.2) is 0 Å². The summed E-state index contributed by atoms with van der Waals surface area (Å²) in [5, 5.41) is 0.